The largest absolute Gasteiger partial charge is 0.352 e. The minimum atomic E-state index is -0.431. The Kier molecular flexibility index (Phi) is 6.00. The van der Waals surface area contributed by atoms with Gasteiger partial charge in [0.25, 0.3) is 5.69 Å². The van der Waals surface area contributed by atoms with Crippen molar-refractivity contribution in [3.05, 3.63) is 75.8 Å². The van der Waals surface area contributed by atoms with Gasteiger partial charge in [-0.1, -0.05) is 55.3 Å². The van der Waals surface area contributed by atoms with Gasteiger partial charge in [0.2, 0.25) is 5.91 Å². The zero-order valence-corrected chi connectivity index (χ0v) is 14.8. The summed E-state index contributed by atoms with van der Waals surface area (Å²) in [5, 5.41) is 13.9. The van der Waals surface area contributed by atoms with Gasteiger partial charge in [0.05, 0.1) is 11.3 Å². The Hall–Kier alpha value is -2.69. The van der Waals surface area contributed by atoms with Crippen molar-refractivity contribution in [2.45, 2.75) is 44.6 Å². The fourth-order valence-electron chi connectivity index (χ4n) is 3.74. The van der Waals surface area contributed by atoms with Crippen molar-refractivity contribution in [3.63, 3.8) is 0 Å². The third kappa shape index (κ3) is 4.91. The summed E-state index contributed by atoms with van der Waals surface area (Å²) in [4.78, 5) is 22.8. The van der Waals surface area contributed by atoms with Crippen molar-refractivity contribution >= 4 is 11.6 Å². The average Bonchev–Trinajstić information content (AvgIpc) is 3.17. The molecule has 0 aromatic heterocycles. The highest BCUT2D eigenvalue weighted by molar-refractivity contribution is 5.79. The Labute approximate surface area is 153 Å². The molecule has 1 aliphatic carbocycles. The lowest BCUT2D eigenvalue weighted by molar-refractivity contribution is -0.384. The molecule has 26 heavy (non-hydrogen) atoms. The third-order valence-corrected chi connectivity index (χ3v) is 5.13. The molecule has 1 aliphatic rings. The van der Waals surface area contributed by atoms with E-state index >= 15 is 0 Å². The molecule has 1 amide bonds. The SMILES string of the molecule is O=C(Cc1ccc([N+](=O)[O-])cc1)NC(Cc1ccccc1)C1CCCC1. The average molecular weight is 352 g/mol. The molecular weight excluding hydrogens is 328 g/mol. The van der Waals surface area contributed by atoms with E-state index in [2.05, 4.69) is 17.4 Å². The zero-order valence-electron chi connectivity index (χ0n) is 14.8. The molecule has 2 aromatic carbocycles. The topological polar surface area (TPSA) is 72.2 Å². The molecule has 3 rings (SSSR count). The number of amides is 1. The molecule has 1 atom stereocenters. The minimum absolute atomic E-state index is 0.0216. The second-order valence-electron chi connectivity index (χ2n) is 7.01. The van der Waals surface area contributed by atoms with Crippen LogP contribution in [-0.4, -0.2) is 16.9 Å². The van der Waals surface area contributed by atoms with E-state index < -0.39 is 4.92 Å². The number of non-ortho nitro benzene ring substituents is 1. The summed E-state index contributed by atoms with van der Waals surface area (Å²) in [6, 6.07) is 16.6. The van der Waals surface area contributed by atoms with Crippen LogP contribution in [0.3, 0.4) is 0 Å². The molecule has 0 bridgehead atoms. The summed E-state index contributed by atoms with van der Waals surface area (Å²) in [5.41, 5.74) is 2.07. The van der Waals surface area contributed by atoms with Gasteiger partial charge in [-0.05, 0) is 36.3 Å². The summed E-state index contributed by atoms with van der Waals surface area (Å²) in [6.45, 7) is 0. The predicted molar refractivity (Wildman–Crippen MR) is 101 cm³/mol. The van der Waals surface area contributed by atoms with Crippen molar-refractivity contribution in [3.8, 4) is 0 Å². The summed E-state index contributed by atoms with van der Waals surface area (Å²) < 4.78 is 0. The molecule has 0 aliphatic heterocycles. The van der Waals surface area contributed by atoms with E-state index in [1.165, 1.54) is 30.5 Å². The van der Waals surface area contributed by atoms with Gasteiger partial charge < -0.3 is 5.32 Å². The Balaban J connectivity index is 1.63. The van der Waals surface area contributed by atoms with Crippen LogP contribution in [0.25, 0.3) is 0 Å². The summed E-state index contributed by atoms with van der Waals surface area (Å²) in [7, 11) is 0. The number of nitro benzene ring substituents is 1. The van der Waals surface area contributed by atoms with Crippen molar-refractivity contribution in [2.75, 3.05) is 0 Å². The number of carbonyl (C=O) groups is 1. The summed E-state index contributed by atoms with van der Waals surface area (Å²) in [5.74, 6) is 0.503. The Bertz CT molecular complexity index is 738. The molecule has 1 N–H and O–H groups in total. The van der Waals surface area contributed by atoms with Crippen LogP contribution in [0.5, 0.6) is 0 Å². The van der Waals surface area contributed by atoms with E-state index in [9.17, 15) is 14.9 Å². The van der Waals surface area contributed by atoms with Crippen LogP contribution < -0.4 is 5.32 Å². The van der Waals surface area contributed by atoms with Crippen molar-refractivity contribution in [2.24, 2.45) is 5.92 Å². The van der Waals surface area contributed by atoms with Gasteiger partial charge in [0, 0.05) is 18.2 Å². The van der Waals surface area contributed by atoms with Gasteiger partial charge in [-0.2, -0.15) is 0 Å². The first-order valence-corrected chi connectivity index (χ1v) is 9.18. The molecule has 2 aromatic rings. The van der Waals surface area contributed by atoms with Crippen LogP contribution in [0.4, 0.5) is 5.69 Å². The Morgan fingerprint density at radius 2 is 1.69 bits per heavy atom. The highest BCUT2D eigenvalue weighted by Gasteiger charge is 2.26. The van der Waals surface area contributed by atoms with Crippen LogP contribution >= 0.6 is 0 Å². The zero-order chi connectivity index (χ0) is 18.4. The number of nitrogens with one attached hydrogen (secondary N) is 1. The van der Waals surface area contributed by atoms with Gasteiger partial charge in [-0.3, -0.25) is 14.9 Å². The highest BCUT2D eigenvalue weighted by Crippen LogP contribution is 2.29. The van der Waals surface area contributed by atoms with Crippen LogP contribution in [0.2, 0.25) is 0 Å². The number of benzene rings is 2. The number of hydrogen-bond donors (Lipinski definition) is 1. The molecule has 0 radical (unpaired) electrons. The van der Waals surface area contributed by atoms with E-state index in [0.717, 1.165) is 24.8 Å². The van der Waals surface area contributed by atoms with Crippen LogP contribution in [0.15, 0.2) is 54.6 Å². The molecule has 0 spiro atoms. The number of hydrogen-bond acceptors (Lipinski definition) is 3. The highest BCUT2D eigenvalue weighted by atomic mass is 16.6. The molecule has 1 saturated carbocycles. The van der Waals surface area contributed by atoms with Gasteiger partial charge in [0.15, 0.2) is 0 Å². The van der Waals surface area contributed by atoms with E-state index in [0.29, 0.717) is 5.92 Å². The molecule has 136 valence electrons. The summed E-state index contributed by atoms with van der Waals surface area (Å²) >= 11 is 0. The van der Waals surface area contributed by atoms with E-state index in [-0.39, 0.29) is 24.1 Å². The van der Waals surface area contributed by atoms with E-state index in [1.54, 1.807) is 12.1 Å². The first kappa shape index (κ1) is 18.1. The van der Waals surface area contributed by atoms with Crippen LogP contribution in [0, 0.1) is 16.0 Å². The maximum atomic E-state index is 12.5. The maximum Gasteiger partial charge on any atom is 0.269 e. The first-order chi connectivity index (χ1) is 12.6. The smallest absolute Gasteiger partial charge is 0.269 e. The number of nitrogens with zero attached hydrogens (tertiary/aromatic N) is 1. The van der Waals surface area contributed by atoms with Crippen LogP contribution in [0.1, 0.15) is 36.8 Å². The molecule has 5 nitrogen and oxygen atoms in total. The van der Waals surface area contributed by atoms with Gasteiger partial charge in [0.1, 0.15) is 0 Å². The lowest BCUT2D eigenvalue weighted by Crippen LogP contribution is -2.41. The monoisotopic (exact) mass is 352 g/mol. The fraction of sp³-hybridized carbons (Fsp3) is 0.381. The number of rotatable bonds is 7. The van der Waals surface area contributed by atoms with Gasteiger partial charge in [-0.15, -0.1) is 0 Å². The molecule has 1 unspecified atom stereocenters. The normalized spacial score (nSPS) is 15.5. The molecule has 1 fully saturated rings. The fourth-order valence-corrected chi connectivity index (χ4v) is 3.74. The molecule has 0 saturated heterocycles. The number of nitro groups is 1. The predicted octanol–water partition coefficient (Wildman–Crippen LogP) is 4.06. The van der Waals surface area contributed by atoms with Crippen LogP contribution in [-0.2, 0) is 17.6 Å². The quantitative estimate of drug-likeness (QED) is 0.603. The number of carbonyl (C=O) groups excluding carboxylic acids is 1. The van der Waals surface area contributed by atoms with Crippen molar-refractivity contribution in [1.29, 1.82) is 0 Å². The Morgan fingerprint density at radius 1 is 1.04 bits per heavy atom. The van der Waals surface area contributed by atoms with Gasteiger partial charge in [-0.25, -0.2) is 0 Å². The van der Waals surface area contributed by atoms with E-state index in [1.807, 2.05) is 18.2 Å². The first-order valence-electron chi connectivity index (χ1n) is 9.18. The molecule has 0 heterocycles. The maximum absolute atomic E-state index is 12.5. The lowest BCUT2D eigenvalue weighted by atomic mass is 9.92. The third-order valence-electron chi connectivity index (χ3n) is 5.13. The lowest BCUT2D eigenvalue weighted by Gasteiger charge is -2.25. The second kappa shape index (κ2) is 8.61. The van der Waals surface area contributed by atoms with Crippen molar-refractivity contribution < 1.29 is 9.72 Å². The standard InChI is InChI=1S/C21H24N2O3/c24-21(15-17-10-12-19(13-11-17)23(25)26)22-20(18-8-4-5-9-18)14-16-6-2-1-3-7-16/h1-3,6-7,10-13,18,20H,4-5,8-9,14-15H2,(H,22,24). The van der Waals surface area contributed by atoms with Gasteiger partial charge >= 0.3 is 0 Å². The van der Waals surface area contributed by atoms with Crippen molar-refractivity contribution in [1.82, 2.24) is 5.32 Å². The molecular formula is C21H24N2O3. The Morgan fingerprint density at radius 3 is 2.31 bits per heavy atom. The van der Waals surface area contributed by atoms with E-state index in [4.69, 9.17) is 0 Å². The second-order valence-corrected chi connectivity index (χ2v) is 7.01. The summed E-state index contributed by atoms with van der Waals surface area (Å²) in [6.07, 6.45) is 5.88. The molecule has 5 heteroatoms. The minimum Gasteiger partial charge on any atom is -0.352 e.